The number of anilines is 1. The molecule has 1 aromatic carbocycles. The van der Waals surface area contributed by atoms with Crippen molar-refractivity contribution in [3.05, 3.63) is 47.8 Å². The van der Waals surface area contributed by atoms with E-state index in [0.29, 0.717) is 0 Å². The smallest absolute Gasteiger partial charge is 0.247 e. The van der Waals surface area contributed by atoms with Gasteiger partial charge in [-0.05, 0) is 48.6 Å². The number of rotatable bonds is 3. The van der Waals surface area contributed by atoms with Crippen molar-refractivity contribution in [2.24, 2.45) is 0 Å². The minimum atomic E-state index is -3.61. The Labute approximate surface area is 113 Å². The van der Waals surface area contributed by atoms with Gasteiger partial charge in [0.1, 0.15) is 0 Å². The molecule has 1 heterocycles. The van der Waals surface area contributed by atoms with Crippen molar-refractivity contribution in [1.82, 2.24) is 9.97 Å². The zero-order valence-corrected chi connectivity index (χ0v) is 11.0. The molecule has 0 saturated heterocycles. The Balaban J connectivity index is 0.00000147. The maximum atomic E-state index is 12.2. The number of hydrogen-bond acceptors (Lipinski definition) is 4. The maximum absolute atomic E-state index is 12.2. The fourth-order valence-electron chi connectivity index (χ4n) is 2.25. The fourth-order valence-corrected chi connectivity index (χ4v) is 3.25. The van der Waals surface area contributed by atoms with Gasteiger partial charge in [0.25, 0.3) is 10.0 Å². The van der Waals surface area contributed by atoms with Gasteiger partial charge in [0.15, 0.2) is 0 Å². The Bertz CT molecular complexity index is 705. The van der Waals surface area contributed by atoms with Crippen molar-refractivity contribution in [3.8, 4) is 0 Å². The fraction of sp³-hybridized carbons (Fsp3) is 0.231. The number of benzene rings is 1. The topological polar surface area (TPSA) is 72.0 Å². The Morgan fingerprint density at radius 2 is 1.84 bits per heavy atom. The van der Waals surface area contributed by atoms with Gasteiger partial charge >= 0.3 is 0 Å². The molecule has 1 aromatic heterocycles. The standard InChI is InChI=1S/C13H13N3O2S.H2/c17-19(18,16-13-14-7-2-8-15-13)12-6-5-10-3-1-4-11(10)9-12;/h2,5-9H,1,3-4H2,(H,14,15,16);1H. The maximum Gasteiger partial charge on any atom is 0.264 e. The van der Waals surface area contributed by atoms with Crippen molar-refractivity contribution < 1.29 is 9.84 Å². The van der Waals surface area contributed by atoms with Crippen LogP contribution in [0.15, 0.2) is 41.6 Å². The second kappa shape index (κ2) is 4.62. The van der Waals surface area contributed by atoms with Gasteiger partial charge in [-0.2, -0.15) is 0 Å². The van der Waals surface area contributed by atoms with Crippen LogP contribution in [0.25, 0.3) is 0 Å². The summed E-state index contributed by atoms with van der Waals surface area (Å²) in [5, 5.41) is 0. The molecule has 0 bridgehead atoms. The molecule has 19 heavy (non-hydrogen) atoms. The van der Waals surface area contributed by atoms with E-state index in [1.165, 1.54) is 18.0 Å². The van der Waals surface area contributed by atoms with Gasteiger partial charge in [0.05, 0.1) is 4.90 Å². The van der Waals surface area contributed by atoms with Crippen molar-refractivity contribution in [1.29, 1.82) is 0 Å². The van der Waals surface area contributed by atoms with E-state index < -0.39 is 10.0 Å². The summed E-state index contributed by atoms with van der Waals surface area (Å²) in [4.78, 5) is 7.99. The number of sulfonamides is 1. The summed E-state index contributed by atoms with van der Waals surface area (Å²) in [6.07, 6.45) is 6.06. The molecule has 5 nitrogen and oxygen atoms in total. The highest BCUT2D eigenvalue weighted by Crippen LogP contribution is 2.25. The van der Waals surface area contributed by atoms with Gasteiger partial charge in [-0.3, -0.25) is 0 Å². The Morgan fingerprint density at radius 3 is 2.63 bits per heavy atom. The van der Waals surface area contributed by atoms with Crippen LogP contribution in [-0.2, 0) is 22.9 Å². The van der Waals surface area contributed by atoms with Gasteiger partial charge in [-0.1, -0.05) is 6.07 Å². The second-order valence-electron chi connectivity index (χ2n) is 4.46. The van der Waals surface area contributed by atoms with Gasteiger partial charge in [0, 0.05) is 13.8 Å². The first-order valence-corrected chi connectivity index (χ1v) is 7.55. The molecule has 0 amide bonds. The van der Waals surface area contributed by atoms with E-state index in [2.05, 4.69) is 14.7 Å². The summed E-state index contributed by atoms with van der Waals surface area (Å²) in [6.45, 7) is 0. The second-order valence-corrected chi connectivity index (χ2v) is 6.14. The number of nitrogens with one attached hydrogen (secondary N) is 1. The predicted molar refractivity (Wildman–Crippen MR) is 73.4 cm³/mol. The third-order valence-corrected chi connectivity index (χ3v) is 4.50. The van der Waals surface area contributed by atoms with Crippen LogP contribution in [0.3, 0.4) is 0 Å². The van der Waals surface area contributed by atoms with Gasteiger partial charge < -0.3 is 0 Å². The summed E-state index contributed by atoms with van der Waals surface area (Å²) in [5.41, 5.74) is 2.37. The zero-order valence-electron chi connectivity index (χ0n) is 10.2. The van der Waals surface area contributed by atoms with Crippen LogP contribution in [-0.4, -0.2) is 18.4 Å². The van der Waals surface area contributed by atoms with Crippen LogP contribution < -0.4 is 4.72 Å². The van der Waals surface area contributed by atoms with Crippen molar-refractivity contribution >= 4 is 16.0 Å². The molecular formula is C13H15N3O2S. The van der Waals surface area contributed by atoms with Crippen molar-refractivity contribution in [3.63, 3.8) is 0 Å². The van der Waals surface area contributed by atoms with Crippen LogP contribution in [0.1, 0.15) is 19.0 Å². The molecule has 0 radical (unpaired) electrons. The molecule has 0 aliphatic heterocycles. The van der Waals surface area contributed by atoms with E-state index in [1.807, 2.05) is 6.07 Å². The quantitative estimate of drug-likeness (QED) is 0.931. The van der Waals surface area contributed by atoms with E-state index in [-0.39, 0.29) is 12.3 Å². The van der Waals surface area contributed by atoms with E-state index in [4.69, 9.17) is 0 Å². The lowest BCUT2D eigenvalue weighted by atomic mass is 10.1. The highest BCUT2D eigenvalue weighted by atomic mass is 32.2. The molecule has 2 aromatic rings. The van der Waals surface area contributed by atoms with Crippen molar-refractivity contribution in [2.45, 2.75) is 24.2 Å². The van der Waals surface area contributed by atoms with Crippen LogP contribution in [0.2, 0.25) is 0 Å². The van der Waals surface area contributed by atoms with Crippen LogP contribution in [0.4, 0.5) is 5.95 Å². The van der Waals surface area contributed by atoms with Crippen LogP contribution in [0, 0.1) is 0 Å². The van der Waals surface area contributed by atoms with Gasteiger partial charge in [-0.15, -0.1) is 0 Å². The third kappa shape index (κ3) is 2.44. The normalized spacial score (nSPS) is 14.1. The minimum Gasteiger partial charge on any atom is -0.247 e. The average Bonchev–Trinajstić information content (AvgIpc) is 2.86. The molecule has 0 fully saturated rings. The minimum absolute atomic E-state index is 0. The lowest BCUT2D eigenvalue weighted by Crippen LogP contribution is -2.15. The molecule has 0 unspecified atom stereocenters. The molecule has 1 aliphatic carbocycles. The lowest BCUT2D eigenvalue weighted by Gasteiger charge is -2.07. The summed E-state index contributed by atoms with van der Waals surface area (Å²) in [7, 11) is -3.61. The lowest BCUT2D eigenvalue weighted by molar-refractivity contribution is 0.600. The summed E-state index contributed by atoms with van der Waals surface area (Å²) < 4.78 is 26.8. The molecule has 1 aliphatic rings. The first kappa shape index (κ1) is 12.1. The molecule has 6 heteroatoms. The molecule has 0 saturated carbocycles. The first-order chi connectivity index (χ1) is 9.15. The molecule has 100 valence electrons. The SMILES string of the molecule is O=S(=O)(Nc1ncccn1)c1ccc2c(c1)CCC2.[HH]. The highest BCUT2D eigenvalue weighted by Gasteiger charge is 2.19. The monoisotopic (exact) mass is 277 g/mol. The average molecular weight is 277 g/mol. The zero-order chi connectivity index (χ0) is 13.3. The summed E-state index contributed by atoms with van der Waals surface area (Å²) in [6, 6.07) is 6.90. The van der Waals surface area contributed by atoms with Gasteiger partial charge in [-0.25, -0.2) is 23.1 Å². The molecular weight excluding hydrogens is 262 g/mol. The molecule has 1 N–H and O–H groups in total. The molecule has 0 atom stereocenters. The number of aryl methyl sites for hydroxylation is 2. The molecule has 0 spiro atoms. The number of fused-ring (bicyclic) bond motifs is 1. The van der Waals surface area contributed by atoms with Crippen LogP contribution >= 0.6 is 0 Å². The highest BCUT2D eigenvalue weighted by molar-refractivity contribution is 7.92. The van der Waals surface area contributed by atoms with E-state index in [1.54, 1.807) is 18.2 Å². The Hall–Kier alpha value is -1.95. The third-order valence-electron chi connectivity index (χ3n) is 3.17. The Morgan fingerprint density at radius 1 is 1.11 bits per heavy atom. The predicted octanol–water partition coefficient (Wildman–Crippen LogP) is 2.01. The first-order valence-electron chi connectivity index (χ1n) is 6.07. The Kier molecular flexibility index (Phi) is 2.94. The van der Waals surface area contributed by atoms with E-state index in [0.717, 1.165) is 24.8 Å². The van der Waals surface area contributed by atoms with Crippen LogP contribution in [0.5, 0.6) is 0 Å². The van der Waals surface area contributed by atoms with E-state index in [9.17, 15) is 8.42 Å². The van der Waals surface area contributed by atoms with Gasteiger partial charge in [0.2, 0.25) is 5.95 Å². The summed E-state index contributed by atoms with van der Waals surface area (Å²) in [5.74, 6) is 0.0861. The van der Waals surface area contributed by atoms with Crippen molar-refractivity contribution in [2.75, 3.05) is 4.72 Å². The van der Waals surface area contributed by atoms with E-state index >= 15 is 0 Å². The summed E-state index contributed by atoms with van der Waals surface area (Å²) >= 11 is 0. The number of nitrogens with zero attached hydrogens (tertiary/aromatic N) is 2. The largest absolute Gasteiger partial charge is 0.264 e. The number of aromatic nitrogens is 2. The number of hydrogen-bond donors (Lipinski definition) is 1. The molecule has 3 rings (SSSR count).